The Labute approximate surface area is 108 Å². The molecule has 0 aliphatic carbocycles. The molecule has 0 aromatic heterocycles. The second-order valence-electron chi connectivity index (χ2n) is 4.52. The van der Waals surface area contributed by atoms with E-state index in [1.807, 2.05) is 0 Å². The van der Waals surface area contributed by atoms with Crippen LogP contribution in [0.15, 0.2) is 29.2 Å². The first-order chi connectivity index (χ1) is 8.36. The molecule has 1 aliphatic rings. The van der Waals surface area contributed by atoms with Gasteiger partial charge in [0, 0.05) is 17.9 Å². The Bertz CT molecular complexity index is 399. The van der Waals surface area contributed by atoms with Crippen LogP contribution in [0.2, 0.25) is 0 Å². The van der Waals surface area contributed by atoms with Crippen molar-refractivity contribution in [2.75, 3.05) is 13.1 Å². The molecule has 1 aromatic carbocycles. The van der Waals surface area contributed by atoms with Crippen molar-refractivity contribution in [2.45, 2.75) is 28.8 Å². The average Bonchev–Trinajstić information content (AvgIpc) is 2.66. The van der Waals surface area contributed by atoms with Gasteiger partial charge in [0.2, 0.25) is 0 Å². The fraction of sp³-hybridized carbons (Fsp3) is 0.500. The number of nitrogens with one attached hydrogen (secondary N) is 1. The highest BCUT2D eigenvalue weighted by Crippen LogP contribution is 2.36. The molecule has 0 amide bonds. The van der Waals surface area contributed by atoms with Gasteiger partial charge in [-0.1, -0.05) is 12.1 Å². The maximum absolute atomic E-state index is 12.1. The maximum Gasteiger partial charge on any atom is 0.446 e. The van der Waals surface area contributed by atoms with Crippen LogP contribution < -0.4 is 5.32 Å². The number of rotatable bonds is 3. The van der Waals surface area contributed by atoms with Gasteiger partial charge in [0.15, 0.2) is 0 Å². The first-order valence-corrected chi connectivity index (χ1v) is 6.46. The SMILES string of the molecule is OC1(Cc2ccc(SC(F)(F)F)cc2)CCNC1. The lowest BCUT2D eigenvalue weighted by atomic mass is 9.94. The van der Waals surface area contributed by atoms with Crippen LogP contribution in [0, 0.1) is 0 Å². The molecule has 1 saturated heterocycles. The lowest BCUT2D eigenvalue weighted by Crippen LogP contribution is -2.33. The second-order valence-corrected chi connectivity index (χ2v) is 5.66. The standard InChI is InChI=1S/C12H14F3NOS/c13-12(14,15)18-10-3-1-9(2-4-10)7-11(17)5-6-16-8-11/h1-4,16-17H,5-8H2. The summed E-state index contributed by atoms with van der Waals surface area (Å²) in [5.74, 6) is 0. The Hall–Kier alpha value is -0.720. The Morgan fingerprint density at radius 1 is 1.28 bits per heavy atom. The van der Waals surface area contributed by atoms with Gasteiger partial charge in [-0.25, -0.2) is 0 Å². The molecule has 1 aromatic rings. The van der Waals surface area contributed by atoms with Crippen LogP contribution in [0.25, 0.3) is 0 Å². The van der Waals surface area contributed by atoms with E-state index >= 15 is 0 Å². The van der Waals surface area contributed by atoms with E-state index in [0.717, 1.165) is 12.1 Å². The first-order valence-electron chi connectivity index (χ1n) is 5.64. The molecular weight excluding hydrogens is 263 g/mol. The van der Waals surface area contributed by atoms with E-state index < -0.39 is 11.1 Å². The molecule has 0 bridgehead atoms. The fourth-order valence-electron chi connectivity index (χ4n) is 2.07. The van der Waals surface area contributed by atoms with E-state index in [1.54, 1.807) is 12.1 Å². The largest absolute Gasteiger partial charge is 0.446 e. The molecule has 1 aliphatic heterocycles. The van der Waals surface area contributed by atoms with Crippen molar-refractivity contribution in [3.05, 3.63) is 29.8 Å². The van der Waals surface area contributed by atoms with E-state index in [2.05, 4.69) is 5.32 Å². The Balaban J connectivity index is 1.99. The summed E-state index contributed by atoms with van der Waals surface area (Å²) in [7, 11) is 0. The Morgan fingerprint density at radius 3 is 2.44 bits per heavy atom. The minimum atomic E-state index is -4.25. The second kappa shape index (κ2) is 5.11. The first kappa shape index (κ1) is 13.7. The van der Waals surface area contributed by atoms with Gasteiger partial charge in [0.1, 0.15) is 0 Å². The van der Waals surface area contributed by atoms with Gasteiger partial charge in [-0.15, -0.1) is 0 Å². The summed E-state index contributed by atoms with van der Waals surface area (Å²) < 4.78 is 36.4. The number of hydrogen-bond donors (Lipinski definition) is 2. The molecule has 0 radical (unpaired) electrons. The fourth-order valence-corrected chi connectivity index (χ4v) is 2.61. The van der Waals surface area contributed by atoms with Crippen molar-refractivity contribution in [3.63, 3.8) is 0 Å². The molecule has 2 nitrogen and oxygen atoms in total. The summed E-state index contributed by atoms with van der Waals surface area (Å²) in [6.45, 7) is 1.31. The molecule has 18 heavy (non-hydrogen) atoms. The summed E-state index contributed by atoms with van der Waals surface area (Å²) >= 11 is -0.124. The summed E-state index contributed by atoms with van der Waals surface area (Å²) in [4.78, 5) is 0.169. The summed E-state index contributed by atoms with van der Waals surface area (Å²) in [5, 5.41) is 13.2. The van der Waals surface area contributed by atoms with Crippen LogP contribution in [0.4, 0.5) is 13.2 Å². The van der Waals surface area contributed by atoms with Gasteiger partial charge >= 0.3 is 5.51 Å². The van der Waals surface area contributed by atoms with E-state index in [0.29, 0.717) is 19.4 Å². The predicted molar refractivity (Wildman–Crippen MR) is 64.5 cm³/mol. The van der Waals surface area contributed by atoms with E-state index in [9.17, 15) is 18.3 Å². The van der Waals surface area contributed by atoms with Gasteiger partial charge in [-0.2, -0.15) is 13.2 Å². The van der Waals surface area contributed by atoms with E-state index in [-0.39, 0.29) is 16.7 Å². The molecule has 1 heterocycles. The van der Waals surface area contributed by atoms with Crippen LogP contribution in [0.3, 0.4) is 0 Å². The molecule has 1 unspecified atom stereocenters. The molecule has 0 spiro atoms. The number of hydrogen-bond acceptors (Lipinski definition) is 3. The van der Waals surface area contributed by atoms with Gasteiger partial charge in [0.05, 0.1) is 5.60 Å². The van der Waals surface area contributed by atoms with Crippen LogP contribution >= 0.6 is 11.8 Å². The number of alkyl halides is 3. The zero-order valence-electron chi connectivity index (χ0n) is 9.63. The van der Waals surface area contributed by atoms with Crippen LogP contribution in [-0.4, -0.2) is 29.3 Å². The van der Waals surface area contributed by atoms with Crippen LogP contribution in [0.1, 0.15) is 12.0 Å². The van der Waals surface area contributed by atoms with Gasteiger partial charge in [0.25, 0.3) is 0 Å². The molecular formula is C12H14F3NOS. The molecule has 1 fully saturated rings. The number of aliphatic hydroxyl groups is 1. The number of benzene rings is 1. The lowest BCUT2D eigenvalue weighted by molar-refractivity contribution is -0.0328. The summed E-state index contributed by atoms with van der Waals surface area (Å²) in [6.07, 6.45) is 1.14. The van der Waals surface area contributed by atoms with Gasteiger partial charge in [-0.3, -0.25) is 0 Å². The molecule has 0 saturated carbocycles. The van der Waals surface area contributed by atoms with Crippen molar-refractivity contribution in [3.8, 4) is 0 Å². The normalized spacial score (nSPS) is 24.4. The topological polar surface area (TPSA) is 32.3 Å². The minimum absolute atomic E-state index is 0.124. The smallest absolute Gasteiger partial charge is 0.388 e. The summed E-state index contributed by atoms with van der Waals surface area (Å²) in [5.41, 5.74) is -4.17. The van der Waals surface area contributed by atoms with Crippen LogP contribution in [-0.2, 0) is 6.42 Å². The van der Waals surface area contributed by atoms with Crippen molar-refractivity contribution < 1.29 is 18.3 Å². The third kappa shape index (κ3) is 3.90. The minimum Gasteiger partial charge on any atom is -0.388 e. The van der Waals surface area contributed by atoms with Crippen molar-refractivity contribution in [1.29, 1.82) is 0 Å². The number of β-amino-alcohol motifs (C(OH)–C–C–N with tert-alkyl or cyclic N) is 1. The zero-order valence-corrected chi connectivity index (χ0v) is 10.4. The summed E-state index contributed by atoms with van der Waals surface area (Å²) in [6, 6.07) is 6.17. The number of halogens is 3. The molecule has 2 N–H and O–H groups in total. The van der Waals surface area contributed by atoms with Crippen molar-refractivity contribution in [1.82, 2.24) is 5.32 Å². The monoisotopic (exact) mass is 277 g/mol. The molecule has 100 valence electrons. The highest BCUT2D eigenvalue weighted by Gasteiger charge is 2.31. The van der Waals surface area contributed by atoms with E-state index in [1.165, 1.54) is 12.1 Å². The van der Waals surface area contributed by atoms with Crippen molar-refractivity contribution in [2.24, 2.45) is 0 Å². The number of thioether (sulfide) groups is 1. The quantitative estimate of drug-likeness (QED) is 0.833. The highest BCUT2D eigenvalue weighted by molar-refractivity contribution is 8.00. The molecule has 6 heteroatoms. The average molecular weight is 277 g/mol. The van der Waals surface area contributed by atoms with Crippen molar-refractivity contribution >= 4 is 11.8 Å². The molecule has 2 rings (SSSR count). The Kier molecular flexibility index (Phi) is 3.89. The Morgan fingerprint density at radius 2 is 1.94 bits per heavy atom. The molecule has 1 atom stereocenters. The zero-order chi connectivity index (χ0) is 13.2. The van der Waals surface area contributed by atoms with E-state index in [4.69, 9.17) is 0 Å². The predicted octanol–water partition coefficient (Wildman–Crippen LogP) is 2.57. The third-order valence-corrected chi connectivity index (χ3v) is 3.65. The highest BCUT2D eigenvalue weighted by atomic mass is 32.2. The third-order valence-electron chi connectivity index (χ3n) is 2.91. The lowest BCUT2D eigenvalue weighted by Gasteiger charge is -2.21. The van der Waals surface area contributed by atoms with Gasteiger partial charge in [-0.05, 0) is 42.4 Å². The van der Waals surface area contributed by atoms with Gasteiger partial charge < -0.3 is 10.4 Å². The maximum atomic E-state index is 12.1. The van der Waals surface area contributed by atoms with Crippen LogP contribution in [0.5, 0.6) is 0 Å².